The number of hydrogen-bond acceptors (Lipinski definition) is 3. The largest absolute Gasteiger partial charge is 0.347 e. The lowest BCUT2D eigenvalue weighted by Crippen LogP contribution is -2.29. The molecule has 0 radical (unpaired) electrons. The van der Waals surface area contributed by atoms with Crippen LogP contribution in [-0.4, -0.2) is 32.4 Å². The highest BCUT2D eigenvalue weighted by Crippen LogP contribution is 2.23. The smallest absolute Gasteiger partial charge is 0.0922 e. The standard InChI is InChI=1S/C16H22N4/c1-13-9-14(6-7-18-13)4-5-16-3-2-8-20(16)11-15-10-17-12-19-15/h6-7,9-10,12,16H,2-5,8,11H2,1H3,(H,17,19)/t16-/m1/s1. The Balaban J connectivity index is 1.56. The molecule has 20 heavy (non-hydrogen) atoms. The van der Waals surface area contributed by atoms with E-state index in [1.807, 2.05) is 12.4 Å². The summed E-state index contributed by atoms with van der Waals surface area (Å²) in [4.78, 5) is 14.2. The first-order chi connectivity index (χ1) is 9.81. The highest BCUT2D eigenvalue weighted by molar-refractivity contribution is 5.15. The van der Waals surface area contributed by atoms with Crippen molar-refractivity contribution in [2.75, 3.05) is 6.54 Å². The quantitative estimate of drug-likeness (QED) is 0.908. The molecule has 1 saturated heterocycles. The molecule has 4 nitrogen and oxygen atoms in total. The summed E-state index contributed by atoms with van der Waals surface area (Å²) in [5.74, 6) is 0. The minimum atomic E-state index is 0.701. The number of H-pyrrole nitrogens is 1. The first-order valence-electron chi connectivity index (χ1n) is 7.44. The summed E-state index contributed by atoms with van der Waals surface area (Å²) >= 11 is 0. The topological polar surface area (TPSA) is 44.8 Å². The SMILES string of the molecule is Cc1cc(CC[C@H]2CCCN2Cc2cnc[nH]2)ccn1. The summed E-state index contributed by atoms with van der Waals surface area (Å²) in [5.41, 5.74) is 3.74. The Morgan fingerprint density at radius 3 is 3.20 bits per heavy atom. The molecule has 1 fully saturated rings. The van der Waals surface area contributed by atoms with Gasteiger partial charge in [-0.1, -0.05) is 0 Å². The minimum Gasteiger partial charge on any atom is -0.347 e. The van der Waals surface area contributed by atoms with Crippen LogP contribution < -0.4 is 0 Å². The second kappa shape index (κ2) is 6.18. The molecule has 0 saturated carbocycles. The molecule has 0 aliphatic carbocycles. The summed E-state index contributed by atoms with van der Waals surface area (Å²) in [5, 5.41) is 0. The first kappa shape index (κ1) is 13.3. The van der Waals surface area contributed by atoms with E-state index in [1.54, 1.807) is 6.33 Å². The molecule has 2 aromatic rings. The zero-order valence-electron chi connectivity index (χ0n) is 12.0. The molecule has 1 aliphatic rings. The Labute approximate surface area is 120 Å². The molecule has 0 bridgehead atoms. The van der Waals surface area contributed by atoms with Crippen LogP contribution in [-0.2, 0) is 13.0 Å². The van der Waals surface area contributed by atoms with Crippen molar-refractivity contribution >= 4 is 0 Å². The number of pyridine rings is 1. The molecule has 3 rings (SSSR count). The van der Waals surface area contributed by atoms with Crippen LogP contribution in [0, 0.1) is 6.92 Å². The summed E-state index contributed by atoms with van der Waals surface area (Å²) in [6, 6.07) is 5.04. The molecular weight excluding hydrogens is 248 g/mol. The van der Waals surface area contributed by atoms with Crippen LogP contribution >= 0.6 is 0 Å². The Bertz CT molecular complexity index is 535. The zero-order chi connectivity index (χ0) is 13.8. The van der Waals surface area contributed by atoms with E-state index in [0.29, 0.717) is 6.04 Å². The third-order valence-corrected chi connectivity index (χ3v) is 4.15. The van der Waals surface area contributed by atoms with Gasteiger partial charge in [-0.3, -0.25) is 9.88 Å². The van der Waals surface area contributed by atoms with E-state index in [9.17, 15) is 0 Å². The van der Waals surface area contributed by atoms with Crippen molar-refractivity contribution in [3.05, 3.63) is 47.8 Å². The highest BCUT2D eigenvalue weighted by Gasteiger charge is 2.24. The van der Waals surface area contributed by atoms with E-state index in [1.165, 1.54) is 37.1 Å². The van der Waals surface area contributed by atoms with Crippen molar-refractivity contribution in [2.24, 2.45) is 0 Å². The Kier molecular flexibility index (Phi) is 4.11. The average Bonchev–Trinajstić information content (AvgIpc) is 3.09. The third kappa shape index (κ3) is 3.25. The number of aromatic amines is 1. The monoisotopic (exact) mass is 270 g/mol. The minimum absolute atomic E-state index is 0.701. The number of aryl methyl sites for hydroxylation is 2. The molecule has 1 aliphatic heterocycles. The Hall–Kier alpha value is -1.68. The fraction of sp³-hybridized carbons (Fsp3) is 0.500. The predicted molar refractivity (Wildman–Crippen MR) is 79.3 cm³/mol. The van der Waals surface area contributed by atoms with Gasteiger partial charge in [0.1, 0.15) is 0 Å². The van der Waals surface area contributed by atoms with E-state index in [4.69, 9.17) is 0 Å². The molecule has 1 N–H and O–H groups in total. The van der Waals surface area contributed by atoms with E-state index in [0.717, 1.165) is 18.7 Å². The van der Waals surface area contributed by atoms with Gasteiger partial charge < -0.3 is 4.98 Å². The molecule has 0 aromatic carbocycles. The predicted octanol–water partition coefficient (Wildman–Crippen LogP) is 2.71. The lowest BCUT2D eigenvalue weighted by Gasteiger charge is -2.23. The van der Waals surface area contributed by atoms with Gasteiger partial charge in [0.25, 0.3) is 0 Å². The highest BCUT2D eigenvalue weighted by atomic mass is 15.2. The maximum absolute atomic E-state index is 4.26. The summed E-state index contributed by atoms with van der Waals surface area (Å²) in [6.45, 7) is 4.27. The van der Waals surface area contributed by atoms with E-state index >= 15 is 0 Å². The average molecular weight is 270 g/mol. The van der Waals surface area contributed by atoms with Gasteiger partial charge in [-0.15, -0.1) is 0 Å². The molecule has 106 valence electrons. The van der Waals surface area contributed by atoms with Crippen LogP contribution in [0.25, 0.3) is 0 Å². The second-order valence-electron chi connectivity index (χ2n) is 5.69. The summed E-state index contributed by atoms with van der Waals surface area (Å²) in [7, 11) is 0. The van der Waals surface area contributed by atoms with Crippen LogP contribution in [0.2, 0.25) is 0 Å². The number of aromatic nitrogens is 3. The molecule has 4 heteroatoms. The normalized spacial score (nSPS) is 19.6. The second-order valence-corrected chi connectivity index (χ2v) is 5.69. The van der Waals surface area contributed by atoms with Gasteiger partial charge in [0.05, 0.1) is 6.33 Å². The Morgan fingerprint density at radius 1 is 1.45 bits per heavy atom. The van der Waals surface area contributed by atoms with E-state index < -0.39 is 0 Å². The maximum Gasteiger partial charge on any atom is 0.0922 e. The summed E-state index contributed by atoms with van der Waals surface area (Å²) in [6.07, 6.45) is 10.6. The van der Waals surface area contributed by atoms with Gasteiger partial charge >= 0.3 is 0 Å². The van der Waals surface area contributed by atoms with Gasteiger partial charge in [-0.25, -0.2) is 4.98 Å². The van der Waals surface area contributed by atoms with Gasteiger partial charge in [0, 0.05) is 36.4 Å². The van der Waals surface area contributed by atoms with Gasteiger partial charge in [-0.2, -0.15) is 0 Å². The first-order valence-corrected chi connectivity index (χ1v) is 7.44. The zero-order valence-corrected chi connectivity index (χ0v) is 12.0. The molecule has 3 heterocycles. The molecule has 0 spiro atoms. The van der Waals surface area contributed by atoms with Gasteiger partial charge in [0.2, 0.25) is 0 Å². The van der Waals surface area contributed by atoms with Crippen LogP contribution in [0.4, 0.5) is 0 Å². The van der Waals surface area contributed by atoms with Crippen molar-refractivity contribution < 1.29 is 0 Å². The maximum atomic E-state index is 4.26. The molecule has 0 amide bonds. The fourth-order valence-electron chi connectivity index (χ4n) is 3.11. The van der Waals surface area contributed by atoms with Crippen LogP contribution in [0.15, 0.2) is 30.9 Å². The van der Waals surface area contributed by atoms with Crippen LogP contribution in [0.1, 0.15) is 36.2 Å². The van der Waals surface area contributed by atoms with Crippen molar-refractivity contribution in [3.63, 3.8) is 0 Å². The van der Waals surface area contributed by atoms with Crippen molar-refractivity contribution in [3.8, 4) is 0 Å². The van der Waals surface area contributed by atoms with E-state index in [2.05, 4.69) is 38.9 Å². The Morgan fingerprint density at radius 2 is 2.40 bits per heavy atom. The fourth-order valence-corrected chi connectivity index (χ4v) is 3.11. The van der Waals surface area contributed by atoms with Crippen molar-refractivity contribution in [1.29, 1.82) is 0 Å². The number of rotatable bonds is 5. The van der Waals surface area contributed by atoms with Crippen molar-refractivity contribution in [1.82, 2.24) is 19.9 Å². The summed E-state index contributed by atoms with van der Waals surface area (Å²) < 4.78 is 0. The van der Waals surface area contributed by atoms with Gasteiger partial charge in [0.15, 0.2) is 0 Å². The number of nitrogens with zero attached hydrogens (tertiary/aromatic N) is 3. The van der Waals surface area contributed by atoms with Gasteiger partial charge in [-0.05, 0) is 56.8 Å². The number of imidazole rings is 1. The number of likely N-dealkylation sites (tertiary alicyclic amines) is 1. The lowest BCUT2D eigenvalue weighted by atomic mass is 10.0. The molecular formula is C16H22N4. The van der Waals surface area contributed by atoms with Crippen LogP contribution in [0.5, 0.6) is 0 Å². The van der Waals surface area contributed by atoms with Crippen molar-refractivity contribution in [2.45, 2.75) is 45.2 Å². The van der Waals surface area contributed by atoms with Crippen LogP contribution in [0.3, 0.4) is 0 Å². The number of nitrogens with one attached hydrogen (secondary N) is 1. The number of hydrogen-bond donors (Lipinski definition) is 1. The molecule has 2 aromatic heterocycles. The molecule has 1 atom stereocenters. The third-order valence-electron chi connectivity index (χ3n) is 4.15. The molecule has 0 unspecified atom stereocenters. The lowest BCUT2D eigenvalue weighted by molar-refractivity contribution is 0.232. The van der Waals surface area contributed by atoms with E-state index in [-0.39, 0.29) is 0 Å².